The van der Waals surface area contributed by atoms with Crippen LogP contribution in [0.4, 0.5) is 0 Å². The van der Waals surface area contributed by atoms with Crippen LogP contribution in [0.15, 0.2) is 57.4 Å². The van der Waals surface area contributed by atoms with Gasteiger partial charge in [0, 0.05) is 22.4 Å². The molecule has 0 unspecified atom stereocenters. The second-order valence-electron chi connectivity index (χ2n) is 5.93. The van der Waals surface area contributed by atoms with Gasteiger partial charge in [0.25, 0.3) is 0 Å². The van der Waals surface area contributed by atoms with E-state index in [0.717, 1.165) is 26.6 Å². The second kappa shape index (κ2) is 6.98. The van der Waals surface area contributed by atoms with E-state index < -0.39 is 15.8 Å². The highest BCUT2D eigenvalue weighted by Gasteiger charge is 2.18. The van der Waals surface area contributed by atoms with Crippen molar-refractivity contribution in [2.75, 3.05) is 6.26 Å². The summed E-state index contributed by atoms with van der Waals surface area (Å²) in [7, 11) is -3.24. The van der Waals surface area contributed by atoms with Gasteiger partial charge < -0.3 is 9.51 Å². The van der Waals surface area contributed by atoms with Crippen molar-refractivity contribution >= 4 is 44.7 Å². The minimum atomic E-state index is -3.24. The third-order valence-electron chi connectivity index (χ3n) is 4.01. The van der Waals surface area contributed by atoms with E-state index >= 15 is 0 Å². The van der Waals surface area contributed by atoms with E-state index in [4.69, 9.17) is 11.6 Å². The van der Waals surface area contributed by atoms with Crippen molar-refractivity contribution < 1.29 is 18.3 Å². The fraction of sp³-hybridized carbons (Fsp3) is 0.167. The van der Waals surface area contributed by atoms with E-state index in [9.17, 15) is 18.3 Å². The zero-order chi connectivity index (χ0) is 19.1. The average Bonchev–Trinajstić information content (AvgIpc) is 2.79. The summed E-state index contributed by atoms with van der Waals surface area (Å²) in [6, 6.07) is 10.1. The summed E-state index contributed by atoms with van der Waals surface area (Å²) in [6.07, 6.45) is 2.88. The number of fused-ring (bicyclic) bond motifs is 1. The number of carboxylic acids is 1. The van der Waals surface area contributed by atoms with Crippen molar-refractivity contribution in [3.8, 4) is 0 Å². The molecule has 3 aromatic rings. The Hall–Kier alpha value is -1.96. The predicted molar refractivity (Wildman–Crippen MR) is 102 cm³/mol. The molecule has 0 spiro atoms. The molecule has 1 N–H and O–H groups in total. The minimum absolute atomic E-state index is 0.0940. The number of hydrogen-bond donors (Lipinski definition) is 1. The number of carboxylic acid groups (broad SMARTS) is 1. The largest absolute Gasteiger partial charge is 0.481 e. The maximum atomic E-state index is 11.6. The number of benzene rings is 1. The summed E-state index contributed by atoms with van der Waals surface area (Å²) in [5, 5.41) is 10.6. The van der Waals surface area contributed by atoms with Crippen LogP contribution in [0, 0.1) is 6.92 Å². The van der Waals surface area contributed by atoms with Crippen molar-refractivity contribution in [2.24, 2.45) is 0 Å². The van der Waals surface area contributed by atoms with Crippen molar-refractivity contribution in [3.05, 3.63) is 58.7 Å². The summed E-state index contributed by atoms with van der Waals surface area (Å²) in [4.78, 5) is 12.4. The molecule has 0 amide bonds. The molecule has 0 saturated carbocycles. The molecule has 8 heteroatoms. The minimum Gasteiger partial charge on any atom is -0.481 e. The fourth-order valence-corrected chi connectivity index (χ4v) is 4.57. The van der Waals surface area contributed by atoms with Gasteiger partial charge in [0.1, 0.15) is 0 Å². The molecule has 3 rings (SSSR count). The Balaban J connectivity index is 2.07. The number of aromatic nitrogens is 1. The van der Waals surface area contributed by atoms with Crippen LogP contribution in [0.25, 0.3) is 5.52 Å². The molecular formula is C18H16ClNO4S2. The number of aliphatic carboxylic acids is 1. The van der Waals surface area contributed by atoms with E-state index in [1.54, 1.807) is 36.4 Å². The molecule has 0 fully saturated rings. The Morgan fingerprint density at radius 1 is 1.23 bits per heavy atom. The summed E-state index contributed by atoms with van der Waals surface area (Å²) < 4.78 is 25.1. The molecule has 0 radical (unpaired) electrons. The molecule has 26 heavy (non-hydrogen) atoms. The van der Waals surface area contributed by atoms with Crippen LogP contribution in [-0.4, -0.2) is 30.2 Å². The molecule has 2 heterocycles. The zero-order valence-corrected chi connectivity index (χ0v) is 16.5. The van der Waals surface area contributed by atoms with E-state index in [0.29, 0.717) is 5.02 Å². The first kappa shape index (κ1) is 18.8. The molecule has 0 aliphatic heterocycles. The van der Waals surface area contributed by atoms with Gasteiger partial charge in [0.2, 0.25) is 0 Å². The van der Waals surface area contributed by atoms with Crippen LogP contribution in [-0.2, 0) is 21.1 Å². The predicted octanol–water partition coefficient (Wildman–Crippen LogP) is 4.08. The maximum Gasteiger partial charge on any atom is 0.307 e. The lowest BCUT2D eigenvalue weighted by atomic mass is 10.1. The Bertz CT molecular complexity index is 1100. The first-order chi connectivity index (χ1) is 12.2. The Morgan fingerprint density at radius 3 is 2.46 bits per heavy atom. The van der Waals surface area contributed by atoms with Gasteiger partial charge in [-0.25, -0.2) is 8.42 Å². The molecule has 0 aliphatic carbocycles. The highest BCUT2D eigenvalue weighted by Crippen LogP contribution is 2.36. The van der Waals surface area contributed by atoms with Gasteiger partial charge in [-0.05, 0) is 54.4 Å². The van der Waals surface area contributed by atoms with Crippen LogP contribution >= 0.6 is 23.4 Å². The Kier molecular flexibility index (Phi) is 5.05. The van der Waals surface area contributed by atoms with Crippen LogP contribution in [0.2, 0.25) is 5.02 Å². The first-order valence-corrected chi connectivity index (χ1v) is 10.7. The zero-order valence-electron chi connectivity index (χ0n) is 14.1. The number of hydrogen-bond acceptors (Lipinski definition) is 4. The molecule has 0 atom stereocenters. The molecule has 0 bridgehead atoms. The van der Waals surface area contributed by atoms with Crippen LogP contribution in [0.1, 0.15) is 11.1 Å². The summed E-state index contributed by atoms with van der Waals surface area (Å²) >= 11 is 7.53. The Labute approximate surface area is 160 Å². The molecule has 0 saturated heterocycles. The van der Waals surface area contributed by atoms with Crippen LogP contribution in [0.5, 0.6) is 0 Å². The van der Waals surface area contributed by atoms with Gasteiger partial charge in [-0.2, -0.15) is 0 Å². The maximum absolute atomic E-state index is 11.6. The second-order valence-corrected chi connectivity index (χ2v) is 9.44. The van der Waals surface area contributed by atoms with E-state index in [1.807, 2.05) is 17.5 Å². The topological polar surface area (TPSA) is 75.8 Å². The third-order valence-corrected chi connectivity index (χ3v) is 6.58. The standard InChI is InChI=1S/C18H16ClNO4S2/c1-11-15(10-17(21)22)16-9-12(19)7-8-20(16)18(11)25-13-3-5-14(6-4-13)26(2,23)24/h3-9H,10H2,1-2H3,(H,21,22). The molecule has 0 aliphatic rings. The number of carbonyl (C=O) groups is 1. The fourth-order valence-electron chi connectivity index (χ4n) is 2.75. The van der Waals surface area contributed by atoms with Gasteiger partial charge in [-0.1, -0.05) is 23.4 Å². The van der Waals surface area contributed by atoms with Crippen molar-refractivity contribution in [2.45, 2.75) is 28.2 Å². The molecular weight excluding hydrogens is 394 g/mol. The number of halogens is 1. The van der Waals surface area contributed by atoms with Gasteiger partial charge >= 0.3 is 5.97 Å². The molecule has 2 aromatic heterocycles. The number of rotatable bonds is 5. The molecule has 5 nitrogen and oxygen atoms in total. The van der Waals surface area contributed by atoms with Crippen molar-refractivity contribution in [3.63, 3.8) is 0 Å². The normalized spacial score (nSPS) is 11.8. The van der Waals surface area contributed by atoms with Gasteiger partial charge in [-0.15, -0.1) is 0 Å². The average molecular weight is 410 g/mol. The highest BCUT2D eigenvalue weighted by molar-refractivity contribution is 7.99. The van der Waals surface area contributed by atoms with Crippen molar-refractivity contribution in [1.82, 2.24) is 4.40 Å². The summed E-state index contributed by atoms with van der Waals surface area (Å²) in [5.74, 6) is -0.908. The molecule has 1 aromatic carbocycles. The van der Waals surface area contributed by atoms with Gasteiger partial charge in [-0.3, -0.25) is 4.79 Å². The van der Waals surface area contributed by atoms with Crippen LogP contribution < -0.4 is 0 Å². The highest BCUT2D eigenvalue weighted by atomic mass is 35.5. The van der Waals surface area contributed by atoms with Gasteiger partial charge in [0.15, 0.2) is 9.84 Å². The Morgan fingerprint density at radius 2 is 1.88 bits per heavy atom. The lowest BCUT2D eigenvalue weighted by Crippen LogP contribution is -2.00. The van der Waals surface area contributed by atoms with E-state index in [2.05, 4.69) is 0 Å². The number of nitrogens with zero attached hydrogens (tertiary/aromatic N) is 1. The van der Waals surface area contributed by atoms with Gasteiger partial charge in [0.05, 0.1) is 21.9 Å². The molecule has 136 valence electrons. The lowest BCUT2D eigenvalue weighted by Gasteiger charge is -2.06. The summed E-state index contributed by atoms with van der Waals surface area (Å²) in [5.41, 5.74) is 2.34. The third kappa shape index (κ3) is 3.75. The number of sulfone groups is 1. The number of pyridine rings is 1. The van der Waals surface area contributed by atoms with E-state index in [1.165, 1.54) is 18.0 Å². The van der Waals surface area contributed by atoms with Crippen molar-refractivity contribution in [1.29, 1.82) is 0 Å². The quantitative estimate of drug-likeness (QED) is 0.687. The lowest BCUT2D eigenvalue weighted by molar-refractivity contribution is -0.136. The first-order valence-electron chi connectivity index (χ1n) is 7.65. The van der Waals surface area contributed by atoms with Crippen LogP contribution in [0.3, 0.4) is 0 Å². The monoisotopic (exact) mass is 409 g/mol. The smallest absolute Gasteiger partial charge is 0.307 e. The van der Waals surface area contributed by atoms with E-state index in [-0.39, 0.29) is 11.3 Å². The summed E-state index contributed by atoms with van der Waals surface area (Å²) in [6.45, 7) is 1.88. The SMILES string of the molecule is Cc1c(CC(=O)O)c2cc(Cl)ccn2c1Sc1ccc(S(C)(=O)=O)cc1.